The van der Waals surface area contributed by atoms with E-state index in [9.17, 15) is 4.79 Å². The number of hydroxylamine groups is 3. The van der Waals surface area contributed by atoms with E-state index < -0.39 is 6.09 Å². The largest absolute Gasteiger partial charge is 0.464 e. The monoisotopic (exact) mass is 216 g/mol. The van der Waals surface area contributed by atoms with Gasteiger partial charge in [0.2, 0.25) is 0 Å². The van der Waals surface area contributed by atoms with Crippen molar-refractivity contribution in [1.29, 1.82) is 0 Å². The zero-order valence-corrected chi connectivity index (χ0v) is 9.83. The highest BCUT2D eigenvalue weighted by atomic mass is 16.8. The Morgan fingerprint density at radius 1 is 1.27 bits per heavy atom. The minimum Gasteiger partial charge on any atom is -0.464 e. The lowest BCUT2D eigenvalue weighted by atomic mass is 9.82. The fraction of sp³-hybridized carbons (Fsp3) is 0.900. The van der Waals surface area contributed by atoms with Gasteiger partial charge in [-0.1, -0.05) is 0 Å². The SMILES string of the molecule is CC1(C)CCCC(C)(C)N1ONC(=O)O. The molecule has 0 aromatic rings. The molecule has 15 heavy (non-hydrogen) atoms. The molecule has 0 aliphatic carbocycles. The van der Waals surface area contributed by atoms with Crippen LogP contribution in [0.2, 0.25) is 0 Å². The fourth-order valence-electron chi connectivity index (χ4n) is 2.31. The van der Waals surface area contributed by atoms with Crippen molar-refractivity contribution in [1.82, 2.24) is 10.5 Å². The normalized spacial score (nSPS) is 24.8. The third kappa shape index (κ3) is 2.82. The van der Waals surface area contributed by atoms with Crippen LogP contribution in [-0.2, 0) is 4.94 Å². The maximum atomic E-state index is 10.4. The standard InChI is InChI=1S/C10H20N2O3/c1-9(2)6-5-7-10(3,4)12(9)15-11-8(13)14/h11H,5-7H2,1-4H3,(H,13,14). The average Bonchev–Trinajstić information content (AvgIpc) is 1.99. The molecule has 1 saturated heterocycles. The molecule has 0 atom stereocenters. The van der Waals surface area contributed by atoms with Gasteiger partial charge in [-0.25, -0.2) is 4.79 Å². The smallest absolute Gasteiger partial charge is 0.430 e. The van der Waals surface area contributed by atoms with Gasteiger partial charge in [-0.05, 0) is 47.0 Å². The summed E-state index contributed by atoms with van der Waals surface area (Å²) in [5.41, 5.74) is 1.67. The van der Waals surface area contributed by atoms with Crippen LogP contribution in [0.4, 0.5) is 4.79 Å². The summed E-state index contributed by atoms with van der Waals surface area (Å²) < 4.78 is 0. The molecule has 88 valence electrons. The lowest BCUT2D eigenvalue weighted by Gasteiger charge is -2.50. The van der Waals surface area contributed by atoms with E-state index in [1.807, 2.05) is 5.48 Å². The van der Waals surface area contributed by atoms with E-state index >= 15 is 0 Å². The highest BCUT2D eigenvalue weighted by Gasteiger charge is 2.43. The van der Waals surface area contributed by atoms with Gasteiger partial charge in [0.1, 0.15) is 0 Å². The number of hydrogen-bond donors (Lipinski definition) is 2. The predicted molar refractivity (Wildman–Crippen MR) is 56.1 cm³/mol. The van der Waals surface area contributed by atoms with Gasteiger partial charge in [0.15, 0.2) is 0 Å². The van der Waals surface area contributed by atoms with Gasteiger partial charge in [0.25, 0.3) is 0 Å². The molecule has 0 radical (unpaired) electrons. The van der Waals surface area contributed by atoms with Gasteiger partial charge in [-0.15, -0.1) is 0 Å². The van der Waals surface area contributed by atoms with Gasteiger partial charge < -0.3 is 5.11 Å². The number of carboxylic acid groups (broad SMARTS) is 1. The fourth-order valence-corrected chi connectivity index (χ4v) is 2.31. The van der Waals surface area contributed by atoms with Crippen molar-refractivity contribution in [3.8, 4) is 0 Å². The number of piperidine rings is 1. The number of hydrogen-bond acceptors (Lipinski definition) is 3. The molecule has 1 rings (SSSR count). The van der Waals surface area contributed by atoms with Crippen molar-refractivity contribution in [2.75, 3.05) is 0 Å². The molecule has 0 aromatic carbocycles. The predicted octanol–water partition coefficient (Wildman–Crippen LogP) is 2.14. The zero-order chi connectivity index (χ0) is 11.7. The van der Waals surface area contributed by atoms with Crippen LogP contribution in [0.25, 0.3) is 0 Å². The number of carbonyl (C=O) groups is 1. The van der Waals surface area contributed by atoms with Crippen molar-refractivity contribution >= 4 is 6.09 Å². The Bertz CT molecular complexity index is 235. The molecule has 2 N–H and O–H groups in total. The summed E-state index contributed by atoms with van der Waals surface area (Å²) in [5.74, 6) is 0. The van der Waals surface area contributed by atoms with E-state index in [2.05, 4.69) is 27.7 Å². The van der Waals surface area contributed by atoms with Crippen LogP contribution in [0, 0.1) is 0 Å². The molecular weight excluding hydrogens is 196 g/mol. The summed E-state index contributed by atoms with van der Waals surface area (Å²) in [5, 5.41) is 10.3. The van der Waals surface area contributed by atoms with E-state index in [0.29, 0.717) is 0 Å². The Labute approximate surface area is 90.3 Å². The molecule has 1 aliphatic rings. The van der Waals surface area contributed by atoms with Crippen molar-refractivity contribution in [3.05, 3.63) is 0 Å². The second-order valence-corrected chi connectivity index (χ2v) is 5.27. The van der Waals surface area contributed by atoms with Gasteiger partial charge in [0.05, 0.1) is 0 Å². The Balaban J connectivity index is 2.72. The minimum atomic E-state index is -1.17. The summed E-state index contributed by atoms with van der Waals surface area (Å²) in [6, 6.07) is 0. The first-order chi connectivity index (χ1) is 6.76. The summed E-state index contributed by atoms with van der Waals surface area (Å²) in [7, 11) is 0. The first-order valence-corrected chi connectivity index (χ1v) is 5.22. The Hall–Kier alpha value is -0.810. The molecule has 0 unspecified atom stereocenters. The highest BCUT2D eigenvalue weighted by Crippen LogP contribution is 2.37. The number of nitrogens with one attached hydrogen (secondary N) is 1. The van der Waals surface area contributed by atoms with Crippen LogP contribution in [0.5, 0.6) is 0 Å². The van der Waals surface area contributed by atoms with E-state index in [1.54, 1.807) is 5.06 Å². The van der Waals surface area contributed by atoms with Crippen LogP contribution in [0.15, 0.2) is 0 Å². The second kappa shape index (κ2) is 3.98. The molecule has 0 bridgehead atoms. The van der Waals surface area contributed by atoms with Gasteiger partial charge in [-0.2, -0.15) is 15.5 Å². The average molecular weight is 216 g/mol. The number of amides is 1. The molecule has 0 spiro atoms. The topological polar surface area (TPSA) is 61.8 Å². The van der Waals surface area contributed by atoms with Crippen LogP contribution in [0.1, 0.15) is 47.0 Å². The van der Waals surface area contributed by atoms with Gasteiger partial charge in [-0.3, -0.25) is 0 Å². The van der Waals surface area contributed by atoms with E-state index in [-0.39, 0.29) is 11.1 Å². The summed E-state index contributed by atoms with van der Waals surface area (Å²) in [6.07, 6.45) is 1.95. The van der Waals surface area contributed by atoms with Gasteiger partial charge in [0, 0.05) is 11.1 Å². The minimum absolute atomic E-state index is 0.149. The van der Waals surface area contributed by atoms with Gasteiger partial charge >= 0.3 is 6.09 Å². The maximum Gasteiger partial charge on any atom is 0.430 e. The van der Waals surface area contributed by atoms with Crippen LogP contribution in [-0.4, -0.2) is 27.3 Å². The molecule has 1 fully saturated rings. The molecule has 1 amide bonds. The van der Waals surface area contributed by atoms with Crippen molar-refractivity contribution in [3.63, 3.8) is 0 Å². The van der Waals surface area contributed by atoms with Crippen LogP contribution < -0.4 is 5.48 Å². The Morgan fingerprint density at radius 2 is 1.73 bits per heavy atom. The Morgan fingerprint density at radius 3 is 2.13 bits per heavy atom. The van der Waals surface area contributed by atoms with Crippen LogP contribution in [0.3, 0.4) is 0 Å². The molecule has 5 nitrogen and oxygen atoms in total. The quantitative estimate of drug-likeness (QED) is 0.694. The van der Waals surface area contributed by atoms with E-state index in [1.165, 1.54) is 0 Å². The maximum absolute atomic E-state index is 10.4. The first-order valence-electron chi connectivity index (χ1n) is 5.22. The molecule has 1 aliphatic heterocycles. The van der Waals surface area contributed by atoms with Crippen molar-refractivity contribution < 1.29 is 14.8 Å². The second-order valence-electron chi connectivity index (χ2n) is 5.27. The van der Waals surface area contributed by atoms with E-state index in [4.69, 9.17) is 10.0 Å². The molecular formula is C10H20N2O3. The lowest BCUT2D eigenvalue weighted by molar-refractivity contribution is -0.306. The lowest BCUT2D eigenvalue weighted by Crippen LogP contribution is -2.60. The number of nitrogens with zero attached hydrogens (tertiary/aromatic N) is 1. The number of rotatable bonds is 2. The molecule has 1 heterocycles. The van der Waals surface area contributed by atoms with Crippen molar-refractivity contribution in [2.45, 2.75) is 58.0 Å². The first kappa shape index (κ1) is 12.3. The molecule has 0 aromatic heterocycles. The third-order valence-corrected chi connectivity index (χ3v) is 2.90. The summed E-state index contributed by atoms with van der Waals surface area (Å²) >= 11 is 0. The molecule has 5 heteroatoms. The molecule has 0 saturated carbocycles. The zero-order valence-electron chi connectivity index (χ0n) is 9.83. The van der Waals surface area contributed by atoms with E-state index in [0.717, 1.165) is 19.3 Å². The summed E-state index contributed by atoms with van der Waals surface area (Å²) in [4.78, 5) is 15.6. The third-order valence-electron chi connectivity index (χ3n) is 2.90. The summed E-state index contributed by atoms with van der Waals surface area (Å²) in [6.45, 7) is 8.21. The highest BCUT2D eigenvalue weighted by molar-refractivity contribution is 5.62. The Kier molecular flexibility index (Phi) is 3.25. The van der Waals surface area contributed by atoms with Crippen LogP contribution >= 0.6 is 0 Å². The van der Waals surface area contributed by atoms with Crippen molar-refractivity contribution in [2.24, 2.45) is 0 Å².